The van der Waals surface area contributed by atoms with Crippen molar-refractivity contribution in [1.82, 2.24) is 0 Å². The fraction of sp³-hybridized carbons (Fsp3) is 0.360. The van der Waals surface area contributed by atoms with Crippen molar-refractivity contribution in [3.8, 4) is 0 Å². The Morgan fingerprint density at radius 3 is 2.19 bits per heavy atom. The third-order valence-electron chi connectivity index (χ3n) is 6.26. The lowest BCUT2D eigenvalue weighted by atomic mass is 9.81. The summed E-state index contributed by atoms with van der Waals surface area (Å²) in [5.74, 6) is -2.06. The van der Waals surface area contributed by atoms with Gasteiger partial charge >= 0.3 is 5.97 Å². The number of anilines is 2. The molecule has 0 radical (unpaired) electrons. The molecule has 1 saturated heterocycles. The number of para-hydroxylation sites is 1. The third-order valence-corrected chi connectivity index (χ3v) is 6.26. The number of carbonyl (C=O) groups is 4. The quantitative estimate of drug-likeness (QED) is 0.571. The van der Waals surface area contributed by atoms with Gasteiger partial charge in [-0.05, 0) is 56.0 Å². The van der Waals surface area contributed by atoms with E-state index in [1.165, 1.54) is 17.0 Å². The maximum absolute atomic E-state index is 12.8. The van der Waals surface area contributed by atoms with Gasteiger partial charge in [-0.1, -0.05) is 37.1 Å². The van der Waals surface area contributed by atoms with Crippen molar-refractivity contribution in [2.24, 2.45) is 11.8 Å². The van der Waals surface area contributed by atoms with Crippen LogP contribution in [-0.2, 0) is 19.1 Å². The van der Waals surface area contributed by atoms with Gasteiger partial charge in [0, 0.05) is 5.69 Å². The predicted molar refractivity (Wildman–Crippen MR) is 119 cm³/mol. The summed E-state index contributed by atoms with van der Waals surface area (Å²) in [6, 6.07) is 11.9. The van der Waals surface area contributed by atoms with Gasteiger partial charge in [-0.3, -0.25) is 19.3 Å². The van der Waals surface area contributed by atoms with Crippen LogP contribution in [0.2, 0.25) is 0 Å². The van der Waals surface area contributed by atoms with E-state index in [2.05, 4.69) is 5.32 Å². The minimum absolute atomic E-state index is 0.179. The first kappa shape index (κ1) is 21.7. The summed E-state index contributed by atoms with van der Waals surface area (Å²) >= 11 is 0. The molecule has 2 fully saturated rings. The Bertz CT molecular complexity index is 1050. The Morgan fingerprint density at radius 1 is 0.969 bits per heavy atom. The van der Waals surface area contributed by atoms with Crippen molar-refractivity contribution < 1.29 is 23.9 Å². The smallest absolute Gasteiger partial charge is 0.338 e. The number of rotatable bonds is 5. The molecule has 2 aliphatic rings. The lowest BCUT2D eigenvalue weighted by molar-refractivity contribution is -0.122. The van der Waals surface area contributed by atoms with E-state index in [-0.39, 0.29) is 29.2 Å². The standard InChI is InChI=1S/C25H26N2O5/c1-15-7-5-8-16(2)22(15)26-21(28)14-32-25(31)17-9-6-10-18(13-17)27-23(29)19-11-3-4-12-20(19)24(27)30/h5-10,13,19-20H,3-4,11-12,14H2,1-2H3,(H,26,28)/t19-,20-/m1/s1. The molecule has 7 nitrogen and oxygen atoms in total. The number of carbonyl (C=O) groups excluding carboxylic acids is 4. The van der Waals surface area contributed by atoms with Crippen LogP contribution in [-0.4, -0.2) is 30.3 Å². The number of hydrogen-bond acceptors (Lipinski definition) is 5. The average molecular weight is 434 g/mol. The number of benzene rings is 2. The van der Waals surface area contributed by atoms with E-state index in [0.29, 0.717) is 11.4 Å². The van der Waals surface area contributed by atoms with Gasteiger partial charge in [0.15, 0.2) is 6.61 Å². The molecule has 166 valence electrons. The molecule has 7 heteroatoms. The number of ether oxygens (including phenoxy) is 1. The average Bonchev–Trinajstić information content (AvgIpc) is 3.05. The molecule has 2 aromatic rings. The molecule has 1 N–H and O–H groups in total. The molecule has 0 bridgehead atoms. The molecule has 1 saturated carbocycles. The van der Waals surface area contributed by atoms with Crippen molar-refractivity contribution in [3.05, 3.63) is 59.2 Å². The van der Waals surface area contributed by atoms with Gasteiger partial charge in [-0.2, -0.15) is 0 Å². The van der Waals surface area contributed by atoms with E-state index in [1.54, 1.807) is 12.1 Å². The Labute approximate surface area is 186 Å². The highest BCUT2D eigenvalue weighted by atomic mass is 16.5. The van der Waals surface area contributed by atoms with Gasteiger partial charge in [-0.15, -0.1) is 0 Å². The summed E-state index contributed by atoms with van der Waals surface area (Å²) in [6.07, 6.45) is 3.35. The SMILES string of the molecule is Cc1cccc(C)c1NC(=O)COC(=O)c1cccc(N2C(=O)[C@@H]3CCCC[C@H]3C2=O)c1. The summed E-state index contributed by atoms with van der Waals surface area (Å²) in [7, 11) is 0. The summed E-state index contributed by atoms with van der Waals surface area (Å²) in [4.78, 5) is 51.6. The van der Waals surface area contributed by atoms with Crippen LogP contribution in [0.4, 0.5) is 11.4 Å². The molecule has 1 aliphatic heterocycles. The fourth-order valence-electron chi connectivity index (χ4n) is 4.59. The van der Waals surface area contributed by atoms with Crippen LogP contribution in [0.15, 0.2) is 42.5 Å². The Morgan fingerprint density at radius 2 is 1.56 bits per heavy atom. The molecule has 1 heterocycles. The van der Waals surface area contributed by atoms with Gasteiger partial charge < -0.3 is 10.1 Å². The maximum Gasteiger partial charge on any atom is 0.338 e. The van der Waals surface area contributed by atoms with Crippen molar-refractivity contribution in [2.45, 2.75) is 39.5 Å². The molecule has 0 unspecified atom stereocenters. The minimum Gasteiger partial charge on any atom is -0.452 e. The number of esters is 1. The second-order valence-electron chi connectivity index (χ2n) is 8.45. The van der Waals surface area contributed by atoms with Crippen LogP contribution >= 0.6 is 0 Å². The molecule has 3 amide bonds. The van der Waals surface area contributed by atoms with Gasteiger partial charge in [0.2, 0.25) is 11.8 Å². The zero-order valence-electron chi connectivity index (χ0n) is 18.2. The molecule has 0 aromatic heterocycles. The fourth-order valence-corrected chi connectivity index (χ4v) is 4.59. The zero-order chi connectivity index (χ0) is 22.8. The largest absolute Gasteiger partial charge is 0.452 e. The normalized spacial score (nSPS) is 20.1. The molecular formula is C25H26N2O5. The van der Waals surface area contributed by atoms with E-state index in [9.17, 15) is 19.2 Å². The topological polar surface area (TPSA) is 92.8 Å². The highest BCUT2D eigenvalue weighted by molar-refractivity contribution is 6.22. The van der Waals surface area contributed by atoms with Gasteiger partial charge in [0.05, 0.1) is 23.1 Å². The van der Waals surface area contributed by atoms with Crippen molar-refractivity contribution >= 4 is 35.1 Å². The van der Waals surface area contributed by atoms with Gasteiger partial charge in [0.25, 0.3) is 5.91 Å². The van der Waals surface area contributed by atoms with Crippen LogP contribution in [0.3, 0.4) is 0 Å². The van der Waals surface area contributed by atoms with E-state index >= 15 is 0 Å². The van der Waals surface area contributed by atoms with Crippen LogP contribution in [0.1, 0.15) is 47.2 Å². The number of fused-ring (bicyclic) bond motifs is 1. The first-order valence-corrected chi connectivity index (χ1v) is 10.9. The Kier molecular flexibility index (Phi) is 6.08. The second-order valence-corrected chi connectivity index (χ2v) is 8.45. The highest BCUT2D eigenvalue weighted by Gasteiger charge is 2.48. The van der Waals surface area contributed by atoms with Gasteiger partial charge in [0.1, 0.15) is 0 Å². The number of amides is 3. The lowest BCUT2D eigenvalue weighted by Gasteiger charge is -2.19. The van der Waals surface area contributed by atoms with E-state index in [1.807, 2.05) is 32.0 Å². The van der Waals surface area contributed by atoms with E-state index in [4.69, 9.17) is 4.74 Å². The second kappa shape index (κ2) is 8.94. The molecule has 2 aromatic carbocycles. The number of aryl methyl sites for hydroxylation is 2. The number of hydrogen-bond donors (Lipinski definition) is 1. The van der Waals surface area contributed by atoms with Crippen LogP contribution in [0.5, 0.6) is 0 Å². The van der Waals surface area contributed by atoms with Crippen molar-refractivity contribution in [3.63, 3.8) is 0 Å². The third kappa shape index (κ3) is 4.15. The molecular weight excluding hydrogens is 408 g/mol. The van der Waals surface area contributed by atoms with E-state index in [0.717, 1.165) is 36.8 Å². The Hall–Kier alpha value is -3.48. The summed E-state index contributed by atoms with van der Waals surface area (Å²) < 4.78 is 5.17. The van der Waals surface area contributed by atoms with Crippen LogP contribution in [0.25, 0.3) is 0 Å². The predicted octanol–water partition coefficient (Wildman–Crippen LogP) is 3.78. The zero-order valence-corrected chi connectivity index (χ0v) is 18.2. The molecule has 32 heavy (non-hydrogen) atoms. The van der Waals surface area contributed by atoms with Gasteiger partial charge in [-0.25, -0.2) is 4.79 Å². The molecule has 0 spiro atoms. The first-order valence-electron chi connectivity index (χ1n) is 10.9. The van der Waals surface area contributed by atoms with E-state index < -0.39 is 18.5 Å². The molecule has 2 atom stereocenters. The summed E-state index contributed by atoms with van der Waals surface area (Å²) in [5.41, 5.74) is 3.07. The number of nitrogens with one attached hydrogen (secondary N) is 1. The molecule has 1 aliphatic carbocycles. The monoisotopic (exact) mass is 434 g/mol. The van der Waals surface area contributed by atoms with Crippen LogP contribution in [0, 0.1) is 25.7 Å². The Balaban J connectivity index is 1.42. The van der Waals surface area contributed by atoms with Crippen molar-refractivity contribution in [2.75, 3.05) is 16.8 Å². The van der Waals surface area contributed by atoms with Crippen molar-refractivity contribution in [1.29, 1.82) is 0 Å². The first-order chi connectivity index (χ1) is 15.4. The number of nitrogens with zero attached hydrogens (tertiary/aromatic N) is 1. The van der Waals surface area contributed by atoms with Crippen LogP contribution < -0.4 is 10.2 Å². The summed E-state index contributed by atoms with van der Waals surface area (Å²) in [6.45, 7) is 3.33. The minimum atomic E-state index is -0.694. The number of imide groups is 1. The highest BCUT2D eigenvalue weighted by Crippen LogP contribution is 2.40. The maximum atomic E-state index is 12.8. The lowest BCUT2D eigenvalue weighted by Crippen LogP contribution is -2.31. The summed E-state index contributed by atoms with van der Waals surface area (Å²) in [5, 5.41) is 2.77. The molecule has 4 rings (SSSR count).